The van der Waals surface area contributed by atoms with Gasteiger partial charge in [0.05, 0.1) is 19.4 Å². The van der Waals surface area contributed by atoms with Crippen LogP contribution in [-0.4, -0.2) is 35.2 Å². The molecule has 1 aromatic rings. The van der Waals surface area contributed by atoms with Crippen molar-refractivity contribution in [2.24, 2.45) is 5.92 Å². The maximum Gasteiger partial charge on any atom is 0.162 e. The summed E-state index contributed by atoms with van der Waals surface area (Å²) < 4.78 is 12.6. The van der Waals surface area contributed by atoms with Gasteiger partial charge in [0.15, 0.2) is 5.75 Å². The summed E-state index contributed by atoms with van der Waals surface area (Å²) in [4.78, 5) is 0. The van der Waals surface area contributed by atoms with Crippen LogP contribution < -0.4 is 4.74 Å². The van der Waals surface area contributed by atoms with E-state index < -0.39 is 6.10 Å². The molecule has 2 rings (SSSR count). The van der Waals surface area contributed by atoms with E-state index >= 15 is 0 Å². The average molecular weight is 254 g/mol. The third-order valence-corrected chi connectivity index (χ3v) is 3.45. The van der Waals surface area contributed by atoms with Gasteiger partial charge in [0.2, 0.25) is 0 Å². The first-order valence-corrected chi connectivity index (χ1v) is 6.53. The minimum Gasteiger partial charge on any atom is -0.493 e. The third kappa shape index (κ3) is 2.52. The van der Waals surface area contributed by atoms with Crippen molar-refractivity contribution < 1.29 is 14.6 Å². The van der Waals surface area contributed by atoms with Crippen LogP contribution in [0, 0.1) is 5.92 Å². The monoisotopic (exact) mass is 254 g/mol. The lowest BCUT2D eigenvalue weighted by Gasteiger charge is -2.23. The number of aromatic nitrogens is 2. The van der Waals surface area contributed by atoms with Crippen LogP contribution in [0.25, 0.3) is 0 Å². The molecule has 1 aliphatic carbocycles. The molecule has 0 bridgehead atoms. The lowest BCUT2D eigenvalue weighted by Crippen LogP contribution is -2.26. The van der Waals surface area contributed by atoms with Gasteiger partial charge in [0, 0.05) is 13.7 Å². The molecule has 5 heteroatoms. The minimum absolute atomic E-state index is 0.161. The zero-order valence-electron chi connectivity index (χ0n) is 11.3. The molecule has 0 saturated heterocycles. The van der Waals surface area contributed by atoms with Gasteiger partial charge in [0.1, 0.15) is 11.8 Å². The number of hydrogen-bond acceptors (Lipinski definition) is 4. The number of ether oxygens (including phenoxy) is 2. The molecule has 1 aliphatic rings. The summed E-state index contributed by atoms with van der Waals surface area (Å²) in [5.74, 6) is 1.10. The summed E-state index contributed by atoms with van der Waals surface area (Å²) in [5.41, 5.74) is 0.734. The molecule has 5 nitrogen and oxygen atoms in total. The molecule has 18 heavy (non-hydrogen) atoms. The largest absolute Gasteiger partial charge is 0.493 e. The highest BCUT2D eigenvalue weighted by Crippen LogP contribution is 2.41. The molecule has 0 aromatic carbocycles. The van der Waals surface area contributed by atoms with Crippen molar-refractivity contribution >= 4 is 0 Å². The van der Waals surface area contributed by atoms with Crippen LogP contribution in [0.4, 0.5) is 0 Å². The lowest BCUT2D eigenvalue weighted by molar-refractivity contribution is -0.0308. The van der Waals surface area contributed by atoms with Crippen molar-refractivity contribution in [2.45, 2.75) is 44.9 Å². The topological polar surface area (TPSA) is 56.5 Å². The van der Waals surface area contributed by atoms with Crippen LogP contribution >= 0.6 is 0 Å². The molecule has 1 fully saturated rings. The van der Waals surface area contributed by atoms with E-state index in [2.05, 4.69) is 12.0 Å². The molecule has 1 aromatic heterocycles. The SMILES string of the molecule is CCCn1ncc(OC)c1C(O)C(OC)C1CC1. The number of hydrogen-bond donors (Lipinski definition) is 1. The molecule has 102 valence electrons. The second-order valence-corrected chi connectivity index (χ2v) is 4.80. The number of nitrogens with zero attached hydrogens (tertiary/aromatic N) is 2. The van der Waals surface area contributed by atoms with Gasteiger partial charge in [-0.15, -0.1) is 0 Å². The second kappa shape index (κ2) is 5.71. The number of methoxy groups -OCH3 is 2. The van der Waals surface area contributed by atoms with Crippen LogP contribution in [0.1, 0.15) is 38.0 Å². The Kier molecular flexibility index (Phi) is 4.24. The summed E-state index contributed by atoms with van der Waals surface area (Å²) in [6.45, 7) is 2.86. The molecule has 1 saturated carbocycles. The van der Waals surface area contributed by atoms with Crippen molar-refractivity contribution in [2.75, 3.05) is 14.2 Å². The van der Waals surface area contributed by atoms with Gasteiger partial charge in [-0.25, -0.2) is 0 Å². The molecular weight excluding hydrogens is 232 g/mol. The first kappa shape index (κ1) is 13.4. The Bertz CT molecular complexity index is 388. The zero-order chi connectivity index (χ0) is 13.1. The minimum atomic E-state index is -0.675. The van der Waals surface area contributed by atoms with Gasteiger partial charge >= 0.3 is 0 Å². The Morgan fingerprint density at radius 2 is 2.22 bits per heavy atom. The maximum absolute atomic E-state index is 10.5. The lowest BCUT2D eigenvalue weighted by atomic mass is 10.1. The van der Waals surface area contributed by atoms with E-state index in [-0.39, 0.29) is 6.10 Å². The van der Waals surface area contributed by atoms with Crippen molar-refractivity contribution in [3.05, 3.63) is 11.9 Å². The molecule has 2 unspecified atom stereocenters. The van der Waals surface area contributed by atoms with Gasteiger partial charge in [-0.3, -0.25) is 4.68 Å². The number of aliphatic hydroxyl groups is 1. The highest BCUT2D eigenvalue weighted by molar-refractivity contribution is 5.28. The van der Waals surface area contributed by atoms with Crippen molar-refractivity contribution in [3.63, 3.8) is 0 Å². The Hall–Kier alpha value is -1.07. The predicted molar refractivity (Wildman–Crippen MR) is 67.6 cm³/mol. The third-order valence-electron chi connectivity index (χ3n) is 3.45. The van der Waals surface area contributed by atoms with Gasteiger partial charge in [-0.1, -0.05) is 6.92 Å². The van der Waals surface area contributed by atoms with Crippen LogP contribution in [-0.2, 0) is 11.3 Å². The van der Waals surface area contributed by atoms with Gasteiger partial charge < -0.3 is 14.6 Å². The zero-order valence-corrected chi connectivity index (χ0v) is 11.3. The smallest absolute Gasteiger partial charge is 0.162 e. The number of rotatable bonds is 7. The van der Waals surface area contributed by atoms with Crippen LogP contribution in [0.15, 0.2) is 6.20 Å². The molecule has 1 heterocycles. The van der Waals surface area contributed by atoms with Crippen molar-refractivity contribution in [3.8, 4) is 5.75 Å². The number of aliphatic hydroxyl groups excluding tert-OH is 1. The first-order chi connectivity index (χ1) is 8.72. The van der Waals surface area contributed by atoms with Crippen molar-refractivity contribution in [1.29, 1.82) is 0 Å². The van der Waals surface area contributed by atoms with Gasteiger partial charge in [-0.05, 0) is 25.2 Å². The van der Waals surface area contributed by atoms with Crippen LogP contribution in [0.2, 0.25) is 0 Å². The van der Waals surface area contributed by atoms with E-state index in [9.17, 15) is 5.11 Å². The molecule has 0 spiro atoms. The van der Waals surface area contributed by atoms with Crippen LogP contribution in [0.5, 0.6) is 5.75 Å². The Morgan fingerprint density at radius 3 is 2.72 bits per heavy atom. The fraction of sp³-hybridized carbons (Fsp3) is 0.769. The van der Waals surface area contributed by atoms with E-state index in [1.165, 1.54) is 0 Å². The normalized spacial score (nSPS) is 18.7. The van der Waals surface area contributed by atoms with E-state index in [4.69, 9.17) is 9.47 Å². The molecular formula is C13H22N2O3. The second-order valence-electron chi connectivity index (χ2n) is 4.80. The molecule has 1 N–H and O–H groups in total. The van der Waals surface area contributed by atoms with Crippen LogP contribution in [0.3, 0.4) is 0 Å². The highest BCUT2D eigenvalue weighted by Gasteiger charge is 2.39. The van der Waals surface area contributed by atoms with E-state index in [1.807, 2.05) is 4.68 Å². The van der Waals surface area contributed by atoms with E-state index in [0.717, 1.165) is 31.5 Å². The summed E-state index contributed by atoms with van der Waals surface area (Å²) in [5, 5.41) is 14.8. The average Bonchev–Trinajstić information content (AvgIpc) is 3.11. The van der Waals surface area contributed by atoms with Gasteiger partial charge in [0.25, 0.3) is 0 Å². The standard InChI is InChI=1S/C13H22N2O3/c1-4-7-15-11(10(17-2)8-14-15)12(16)13(18-3)9-5-6-9/h8-9,12-13,16H,4-7H2,1-3H3. The molecule has 0 amide bonds. The predicted octanol–water partition coefficient (Wildman–Crippen LogP) is 1.76. The van der Waals surface area contributed by atoms with E-state index in [0.29, 0.717) is 11.7 Å². The Labute approximate surface area is 108 Å². The first-order valence-electron chi connectivity index (χ1n) is 6.53. The van der Waals surface area contributed by atoms with E-state index in [1.54, 1.807) is 20.4 Å². The fourth-order valence-corrected chi connectivity index (χ4v) is 2.38. The summed E-state index contributed by atoms with van der Waals surface area (Å²) in [7, 11) is 3.25. The maximum atomic E-state index is 10.5. The Morgan fingerprint density at radius 1 is 1.50 bits per heavy atom. The van der Waals surface area contributed by atoms with Gasteiger partial charge in [-0.2, -0.15) is 5.10 Å². The fourth-order valence-electron chi connectivity index (χ4n) is 2.38. The Balaban J connectivity index is 2.25. The molecule has 0 aliphatic heterocycles. The summed E-state index contributed by atoms with van der Waals surface area (Å²) in [6.07, 6.45) is 4.04. The summed E-state index contributed by atoms with van der Waals surface area (Å²) in [6, 6.07) is 0. The summed E-state index contributed by atoms with van der Waals surface area (Å²) >= 11 is 0. The quantitative estimate of drug-likeness (QED) is 0.805. The highest BCUT2D eigenvalue weighted by atomic mass is 16.5. The van der Waals surface area contributed by atoms with Crippen molar-refractivity contribution in [1.82, 2.24) is 9.78 Å². The molecule has 0 radical (unpaired) electrons. The number of aryl methyl sites for hydroxylation is 1. The molecule has 2 atom stereocenters.